The van der Waals surface area contributed by atoms with E-state index in [-0.39, 0.29) is 46.5 Å². The van der Waals surface area contributed by atoms with Gasteiger partial charge in [0.1, 0.15) is 18.2 Å². The lowest BCUT2D eigenvalue weighted by atomic mass is 9.83. The Kier molecular flexibility index (Phi) is 8.96. The van der Waals surface area contributed by atoms with Crippen LogP contribution in [0, 0.1) is 35.0 Å². The Morgan fingerprint density at radius 2 is 1.59 bits per heavy atom. The minimum Gasteiger partial charge on any atom is -1.00 e. The third kappa shape index (κ3) is 6.44. The molecule has 1 atom stereocenters. The number of piperidine rings is 3. The molecule has 3 aromatic carbocycles. The van der Waals surface area contributed by atoms with Crippen LogP contribution in [-0.4, -0.2) is 42.9 Å². The summed E-state index contributed by atoms with van der Waals surface area (Å²) in [6, 6.07) is 13.5. The molecule has 0 radical (unpaired) electrons. The molecule has 3 saturated heterocycles. The molecular weight excluding hydrogens is 583 g/mol. The molecule has 0 spiro atoms. The van der Waals surface area contributed by atoms with Gasteiger partial charge >= 0.3 is 6.09 Å². The third-order valence-electron chi connectivity index (χ3n) is 7.83. The van der Waals surface area contributed by atoms with Crippen molar-refractivity contribution in [2.75, 3.05) is 31.1 Å². The molecule has 4 nitrogen and oxygen atoms in total. The number of ether oxygens (including phenoxy) is 1. The highest BCUT2D eigenvalue weighted by atomic mass is 79.9. The summed E-state index contributed by atoms with van der Waals surface area (Å²) in [6.07, 6.45) is 1.07. The number of rotatable bonds is 7. The van der Waals surface area contributed by atoms with E-state index in [2.05, 4.69) is 0 Å². The van der Waals surface area contributed by atoms with E-state index >= 15 is 0 Å². The van der Waals surface area contributed by atoms with E-state index in [1.165, 1.54) is 24.3 Å². The number of hydrogen-bond donors (Lipinski definition) is 0. The summed E-state index contributed by atoms with van der Waals surface area (Å²) in [5, 5.41) is 0. The minimum atomic E-state index is -1.61. The summed E-state index contributed by atoms with van der Waals surface area (Å²) >= 11 is 0. The van der Waals surface area contributed by atoms with Crippen LogP contribution in [-0.2, 0) is 17.7 Å². The van der Waals surface area contributed by atoms with Crippen molar-refractivity contribution < 1.29 is 52.9 Å². The van der Waals surface area contributed by atoms with E-state index in [0.29, 0.717) is 29.6 Å². The molecule has 2 bridgehead atoms. The topological polar surface area (TPSA) is 29.5 Å². The molecule has 3 aliphatic rings. The average molecular weight is 611 g/mol. The summed E-state index contributed by atoms with van der Waals surface area (Å²) < 4.78 is 76.1. The number of halogens is 6. The second kappa shape index (κ2) is 12.0. The van der Waals surface area contributed by atoms with Gasteiger partial charge in [-0.2, -0.15) is 0 Å². The number of carbonyl (C=O) groups excluding carboxylic acids is 1. The molecule has 208 valence electrons. The number of nitrogens with zero attached hydrogens (tertiary/aromatic N) is 2. The van der Waals surface area contributed by atoms with Gasteiger partial charge in [0.15, 0.2) is 23.6 Å². The molecule has 0 saturated carbocycles. The highest BCUT2D eigenvalue weighted by molar-refractivity contribution is 5.87. The molecule has 10 heteroatoms. The number of hydrogen-bond acceptors (Lipinski definition) is 2. The first-order valence-corrected chi connectivity index (χ1v) is 12.7. The van der Waals surface area contributed by atoms with Gasteiger partial charge in [0, 0.05) is 25.2 Å². The average Bonchev–Trinajstić information content (AvgIpc) is 2.90. The van der Waals surface area contributed by atoms with Crippen molar-refractivity contribution in [2.45, 2.75) is 31.9 Å². The van der Waals surface area contributed by atoms with Crippen LogP contribution < -0.4 is 21.9 Å². The first-order valence-electron chi connectivity index (χ1n) is 12.7. The zero-order valence-corrected chi connectivity index (χ0v) is 22.6. The molecular formula is C29H28BrF5N2O2. The lowest BCUT2D eigenvalue weighted by Crippen LogP contribution is -3.00. The van der Waals surface area contributed by atoms with Gasteiger partial charge in [-0.15, -0.1) is 0 Å². The Hall–Kier alpha value is -2.98. The van der Waals surface area contributed by atoms with Crippen molar-refractivity contribution in [3.05, 3.63) is 101 Å². The molecule has 0 N–H and O–H groups in total. The van der Waals surface area contributed by atoms with E-state index in [1.807, 2.05) is 6.07 Å². The van der Waals surface area contributed by atoms with Gasteiger partial charge in [-0.3, -0.25) is 4.90 Å². The molecule has 3 aliphatic heterocycles. The van der Waals surface area contributed by atoms with Gasteiger partial charge in [0.05, 0.1) is 31.9 Å². The summed E-state index contributed by atoms with van der Waals surface area (Å²) in [5.74, 6) is -5.05. The van der Waals surface area contributed by atoms with Crippen molar-refractivity contribution in [1.29, 1.82) is 0 Å². The zero-order valence-electron chi connectivity index (χ0n) is 21.1. The number of benzene rings is 3. The fourth-order valence-corrected chi connectivity index (χ4v) is 5.71. The molecule has 3 fully saturated rings. The third-order valence-corrected chi connectivity index (χ3v) is 7.83. The molecule has 3 aromatic rings. The number of fused-ring (bicyclic) bond motifs is 3. The first-order chi connectivity index (χ1) is 18.2. The number of carbonyl (C=O) groups is 1. The number of amides is 1. The number of anilines is 1. The Balaban J connectivity index is 0.00000353. The van der Waals surface area contributed by atoms with Crippen molar-refractivity contribution in [1.82, 2.24) is 0 Å². The Morgan fingerprint density at radius 1 is 0.897 bits per heavy atom. The van der Waals surface area contributed by atoms with Gasteiger partial charge in [-0.25, -0.2) is 26.7 Å². The van der Waals surface area contributed by atoms with Crippen LogP contribution in [0.1, 0.15) is 24.0 Å². The molecule has 6 rings (SSSR count). The molecule has 0 unspecified atom stereocenters. The van der Waals surface area contributed by atoms with Crippen molar-refractivity contribution in [2.24, 2.45) is 5.92 Å². The van der Waals surface area contributed by atoms with Crippen molar-refractivity contribution >= 4 is 11.8 Å². The van der Waals surface area contributed by atoms with E-state index in [9.17, 15) is 26.7 Å². The minimum absolute atomic E-state index is 0. The largest absolute Gasteiger partial charge is 1.00 e. The summed E-state index contributed by atoms with van der Waals surface area (Å²) in [6.45, 7) is 2.76. The van der Waals surface area contributed by atoms with Gasteiger partial charge in [-0.1, -0.05) is 24.3 Å². The van der Waals surface area contributed by atoms with Crippen LogP contribution in [0.2, 0.25) is 0 Å². The lowest BCUT2D eigenvalue weighted by Gasteiger charge is -2.52. The van der Waals surface area contributed by atoms with Crippen molar-refractivity contribution in [3.63, 3.8) is 0 Å². The van der Waals surface area contributed by atoms with Crippen LogP contribution in [0.25, 0.3) is 0 Å². The van der Waals surface area contributed by atoms with E-state index in [0.717, 1.165) is 49.0 Å². The lowest BCUT2D eigenvalue weighted by molar-refractivity contribution is -0.946. The standard InChI is InChI=1S/C29H28F5N2O2.BrH/c30-22-5-3-6-23(16-22)35(17-19-14-25(32)28(34)26(33)15-19)29(37)38-27-18-36(12-9-21(27)10-13-36)11-8-20-4-1-2-7-24(20)31;/h1-7,14-16,21,27H,8-13,17-18H2;1H/q+1;/p-1/t21?,27-,36?;/m0./s1. The SMILES string of the molecule is O=C(O[C@H]1C[N+]2(CCc3ccccc3F)CCC1CC2)N(Cc1cc(F)c(F)c(F)c1)c1cccc(F)c1.[Br-]. The van der Waals surface area contributed by atoms with Crippen LogP contribution in [0.3, 0.4) is 0 Å². The first kappa shape index (κ1) is 29.0. The summed E-state index contributed by atoms with van der Waals surface area (Å²) in [7, 11) is 0. The van der Waals surface area contributed by atoms with Gasteiger partial charge in [0.25, 0.3) is 0 Å². The molecule has 39 heavy (non-hydrogen) atoms. The molecule has 1 amide bonds. The Bertz CT molecular complexity index is 1310. The van der Waals surface area contributed by atoms with Crippen molar-refractivity contribution in [3.8, 4) is 0 Å². The quantitative estimate of drug-likeness (QED) is 0.233. The maximum atomic E-state index is 14.2. The maximum Gasteiger partial charge on any atom is 0.415 e. The molecule has 0 aromatic heterocycles. The van der Waals surface area contributed by atoms with Crippen LogP contribution in [0.15, 0.2) is 60.7 Å². The predicted molar refractivity (Wildman–Crippen MR) is 132 cm³/mol. The van der Waals surface area contributed by atoms with Gasteiger partial charge < -0.3 is 26.2 Å². The van der Waals surface area contributed by atoms with Crippen LogP contribution in [0.4, 0.5) is 32.4 Å². The second-order valence-corrected chi connectivity index (χ2v) is 10.2. The second-order valence-electron chi connectivity index (χ2n) is 10.2. The molecule has 0 aliphatic carbocycles. The van der Waals surface area contributed by atoms with E-state index in [1.54, 1.807) is 12.1 Å². The maximum absolute atomic E-state index is 14.2. The fraction of sp³-hybridized carbons (Fsp3) is 0.345. The zero-order chi connectivity index (χ0) is 26.9. The van der Waals surface area contributed by atoms with E-state index < -0.39 is 35.5 Å². The normalized spacial score (nSPS) is 21.8. The Labute approximate surface area is 234 Å². The smallest absolute Gasteiger partial charge is 0.415 e. The van der Waals surface area contributed by atoms with Crippen LogP contribution >= 0.6 is 0 Å². The monoisotopic (exact) mass is 610 g/mol. The summed E-state index contributed by atoms with van der Waals surface area (Å²) in [4.78, 5) is 14.5. The van der Waals surface area contributed by atoms with Gasteiger partial charge in [-0.05, 0) is 47.5 Å². The highest BCUT2D eigenvalue weighted by Crippen LogP contribution is 2.36. The Morgan fingerprint density at radius 3 is 2.26 bits per heavy atom. The highest BCUT2D eigenvalue weighted by Gasteiger charge is 2.47. The fourth-order valence-electron chi connectivity index (χ4n) is 5.71. The predicted octanol–water partition coefficient (Wildman–Crippen LogP) is 3.38. The molecule has 3 heterocycles. The summed E-state index contributed by atoms with van der Waals surface area (Å²) in [5.41, 5.74) is 0.784. The van der Waals surface area contributed by atoms with E-state index in [4.69, 9.17) is 4.74 Å². The van der Waals surface area contributed by atoms with Crippen LogP contribution in [0.5, 0.6) is 0 Å². The number of quaternary nitrogens is 1. The van der Waals surface area contributed by atoms with Gasteiger partial charge in [0.2, 0.25) is 0 Å².